The first-order valence-electron chi connectivity index (χ1n) is 8.17. The molecule has 0 N–H and O–H groups in total. The summed E-state index contributed by atoms with van der Waals surface area (Å²) in [5.41, 5.74) is 0.877. The lowest BCUT2D eigenvalue weighted by Gasteiger charge is -2.32. The van der Waals surface area contributed by atoms with Gasteiger partial charge >= 0.3 is 0 Å². The third kappa shape index (κ3) is 4.53. The van der Waals surface area contributed by atoms with Crippen LogP contribution in [0, 0.1) is 0 Å². The van der Waals surface area contributed by atoms with E-state index < -0.39 is 0 Å². The zero-order valence-electron chi connectivity index (χ0n) is 13.4. The molecule has 1 fully saturated rings. The first-order valence-corrected chi connectivity index (χ1v) is 8.55. The van der Waals surface area contributed by atoms with Gasteiger partial charge in [-0.3, -0.25) is 4.90 Å². The van der Waals surface area contributed by atoms with Gasteiger partial charge in [0.1, 0.15) is 0 Å². The standard InChI is InChI=1S/C17H22ClN3O2/c1-2-4-15-12-21(9-10-22-15)8-7-16-19-17(20-23-16)13-5-3-6-14(18)11-13/h3,5-6,11,15H,2,4,7-10,12H2,1H3. The monoisotopic (exact) mass is 335 g/mol. The molecule has 3 rings (SSSR count). The van der Waals surface area contributed by atoms with Crippen LogP contribution in [0.1, 0.15) is 25.7 Å². The third-order valence-electron chi connectivity index (χ3n) is 4.03. The molecule has 0 bridgehead atoms. The SMILES string of the molecule is CCCC1CN(CCc2nc(-c3cccc(Cl)c3)no2)CCO1. The molecule has 2 heterocycles. The summed E-state index contributed by atoms with van der Waals surface area (Å²) in [7, 11) is 0. The number of hydrogen-bond acceptors (Lipinski definition) is 5. The van der Waals surface area contributed by atoms with Gasteiger partial charge in [-0.25, -0.2) is 0 Å². The van der Waals surface area contributed by atoms with Crippen LogP contribution in [-0.4, -0.2) is 47.4 Å². The van der Waals surface area contributed by atoms with Crippen molar-refractivity contribution >= 4 is 11.6 Å². The van der Waals surface area contributed by atoms with E-state index in [1.165, 1.54) is 0 Å². The molecule has 1 aliphatic heterocycles. The minimum atomic E-state index is 0.360. The Hall–Kier alpha value is -1.43. The van der Waals surface area contributed by atoms with Crippen LogP contribution in [0.15, 0.2) is 28.8 Å². The predicted molar refractivity (Wildman–Crippen MR) is 89.5 cm³/mol. The molecule has 6 heteroatoms. The molecule has 0 aliphatic carbocycles. The molecule has 0 spiro atoms. The van der Waals surface area contributed by atoms with Gasteiger partial charge in [0.05, 0.1) is 12.7 Å². The van der Waals surface area contributed by atoms with Crippen LogP contribution in [0.4, 0.5) is 0 Å². The van der Waals surface area contributed by atoms with Crippen molar-refractivity contribution in [3.63, 3.8) is 0 Å². The smallest absolute Gasteiger partial charge is 0.228 e. The number of benzene rings is 1. The number of morpholine rings is 1. The Morgan fingerprint density at radius 2 is 2.30 bits per heavy atom. The van der Waals surface area contributed by atoms with E-state index in [2.05, 4.69) is 22.0 Å². The predicted octanol–water partition coefficient (Wildman–Crippen LogP) is 3.43. The van der Waals surface area contributed by atoms with Crippen LogP contribution in [-0.2, 0) is 11.2 Å². The summed E-state index contributed by atoms with van der Waals surface area (Å²) in [4.78, 5) is 6.88. The van der Waals surface area contributed by atoms with E-state index in [4.69, 9.17) is 20.9 Å². The summed E-state index contributed by atoms with van der Waals surface area (Å²) in [5, 5.41) is 4.72. The number of hydrogen-bond donors (Lipinski definition) is 0. The van der Waals surface area contributed by atoms with E-state index in [0.29, 0.717) is 22.8 Å². The Morgan fingerprint density at radius 3 is 3.13 bits per heavy atom. The van der Waals surface area contributed by atoms with Gasteiger partial charge in [0.15, 0.2) is 0 Å². The van der Waals surface area contributed by atoms with Crippen molar-refractivity contribution < 1.29 is 9.26 Å². The summed E-state index contributed by atoms with van der Waals surface area (Å²) < 4.78 is 11.1. The van der Waals surface area contributed by atoms with E-state index in [0.717, 1.165) is 51.1 Å². The molecule has 1 aliphatic rings. The Bertz CT molecular complexity index is 630. The molecular formula is C17H22ClN3O2. The Labute approximate surface area is 141 Å². The van der Waals surface area contributed by atoms with E-state index >= 15 is 0 Å². The Kier molecular flexibility index (Phi) is 5.65. The maximum atomic E-state index is 6.00. The fourth-order valence-electron chi connectivity index (χ4n) is 2.84. The second-order valence-corrected chi connectivity index (χ2v) is 6.29. The lowest BCUT2D eigenvalue weighted by atomic mass is 10.1. The Morgan fingerprint density at radius 1 is 1.39 bits per heavy atom. The lowest BCUT2D eigenvalue weighted by molar-refractivity contribution is -0.0322. The average molecular weight is 336 g/mol. The number of rotatable bonds is 6. The fourth-order valence-corrected chi connectivity index (χ4v) is 3.03. The molecule has 23 heavy (non-hydrogen) atoms. The molecule has 0 saturated carbocycles. The highest BCUT2D eigenvalue weighted by atomic mass is 35.5. The quantitative estimate of drug-likeness (QED) is 0.809. The van der Waals surface area contributed by atoms with Gasteiger partial charge in [-0.15, -0.1) is 0 Å². The van der Waals surface area contributed by atoms with Crippen molar-refractivity contribution in [1.82, 2.24) is 15.0 Å². The van der Waals surface area contributed by atoms with Crippen molar-refractivity contribution in [2.75, 3.05) is 26.2 Å². The minimum absolute atomic E-state index is 0.360. The Balaban J connectivity index is 1.55. The molecular weight excluding hydrogens is 314 g/mol. The summed E-state index contributed by atoms with van der Waals surface area (Å²) in [6.45, 7) is 5.87. The zero-order valence-corrected chi connectivity index (χ0v) is 14.1. The van der Waals surface area contributed by atoms with Crippen LogP contribution in [0.25, 0.3) is 11.4 Å². The van der Waals surface area contributed by atoms with Gasteiger partial charge in [0, 0.05) is 36.6 Å². The lowest BCUT2D eigenvalue weighted by Crippen LogP contribution is -2.43. The highest BCUT2D eigenvalue weighted by molar-refractivity contribution is 6.30. The molecule has 0 radical (unpaired) electrons. The largest absolute Gasteiger partial charge is 0.376 e. The number of ether oxygens (including phenoxy) is 1. The molecule has 1 aromatic carbocycles. The molecule has 5 nitrogen and oxygen atoms in total. The first kappa shape index (κ1) is 16.4. The topological polar surface area (TPSA) is 51.4 Å². The van der Waals surface area contributed by atoms with E-state index in [-0.39, 0.29) is 0 Å². The summed E-state index contributed by atoms with van der Waals surface area (Å²) in [6, 6.07) is 7.48. The normalized spacial score (nSPS) is 19.1. The average Bonchev–Trinajstić information content (AvgIpc) is 3.03. The third-order valence-corrected chi connectivity index (χ3v) is 4.26. The van der Waals surface area contributed by atoms with Crippen LogP contribution in [0.2, 0.25) is 5.02 Å². The van der Waals surface area contributed by atoms with Gasteiger partial charge in [-0.2, -0.15) is 4.98 Å². The van der Waals surface area contributed by atoms with Crippen LogP contribution >= 0.6 is 11.6 Å². The fraction of sp³-hybridized carbons (Fsp3) is 0.529. The number of aromatic nitrogens is 2. The van der Waals surface area contributed by atoms with Crippen LogP contribution < -0.4 is 0 Å². The van der Waals surface area contributed by atoms with Crippen molar-refractivity contribution in [2.45, 2.75) is 32.3 Å². The molecule has 1 unspecified atom stereocenters. The number of halogens is 1. The molecule has 1 atom stereocenters. The molecule has 124 valence electrons. The van der Waals surface area contributed by atoms with Gasteiger partial charge in [-0.1, -0.05) is 42.2 Å². The van der Waals surface area contributed by atoms with Crippen molar-refractivity contribution in [2.24, 2.45) is 0 Å². The molecule has 0 amide bonds. The summed E-state index contributed by atoms with van der Waals surface area (Å²) in [5.74, 6) is 1.26. The first-order chi connectivity index (χ1) is 11.2. The van der Waals surface area contributed by atoms with Crippen molar-refractivity contribution in [3.8, 4) is 11.4 Å². The second-order valence-electron chi connectivity index (χ2n) is 5.85. The zero-order chi connectivity index (χ0) is 16.1. The van der Waals surface area contributed by atoms with Gasteiger partial charge in [-0.05, 0) is 18.6 Å². The van der Waals surface area contributed by atoms with Crippen LogP contribution in [0.5, 0.6) is 0 Å². The molecule has 1 saturated heterocycles. The minimum Gasteiger partial charge on any atom is -0.376 e. The molecule has 2 aromatic rings. The van der Waals surface area contributed by atoms with Gasteiger partial charge in [0.25, 0.3) is 0 Å². The van der Waals surface area contributed by atoms with Crippen molar-refractivity contribution in [3.05, 3.63) is 35.2 Å². The van der Waals surface area contributed by atoms with Crippen LogP contribution in [0.3, 0.4) is 0 Å². The second kappa shape index (κ2) is 7.90. The summed E-state index contributed by atoms with van der Waals surface area (Å²) in [6.07, 6.45) is 3.39. The van der Waals surface area contributed by atoms with Gasteiger partial charge in [0.2, 0.25) is 11.7 Å². The maximum Gasteiger partial charge on any atom is 0.228 e. The number of nitrogens with zero attached hydrogens (tertiary/aromatic N) is 3. The van der Waals surface area contributed by atoms with Crippen molar-refractivity contribution in [1.29, 1.82) is 0 Å². The molecule has 1 aromatic heterocycles. The highest BCUT2D eigenvalue weighted by Crippen LogP contribution is 2.20. The summed E-state index contributed by atoms with van der Waals surface area (Å²) >= 11 is 6.00. The van der Waals surface area contributed by atoms with E-state index in [1.807, 2.05) is 24.3 Å². The maximum absolute atomic E-state index is 6.00. The van der Waals surface area contributed by atoms with E-state index in [9.17, 15) is 0 Å². The van der Waals surface area contributed by atoms with E-state index in [1.54, 1.807) is 0 Å². The van der Waals surface area contributed by atoms with Gasteiger partial charge < -0.3 is 9.26 Å². The highest BCUT2D eigenvalue weighted by Gasteiger charge is 2.20.